The summed E-state index contributed by atoms with van der Waals surface area (Å²) in [4.78, 5) is 12.2. The number of carbonyl (C=O) groups excluding carboxylic acids is 1. The number of aromatic nitrogens is 3. The highest BCUT2D eigenvalue weighted by Gasteiger charge is 2.16. The van der Waals surface area contributed by atoms with E-state index in [0.717, 1.165) is 42.4 Å². The Kier molecular flexibility index (Phi) is 7.40. The van der Waals surface area contributed by atoms with Crippen LogP contribution < -0.4 is 10.1 Å². The molecule has 2 aromatic carbocycles. The van der Waals surface area contributed by atoms with Gasteiger partial charge in [-0.25, -0.2) is 8.78 Å². The summed E-state index contributed by atoms with van der Waals surface area (Å²) in [6.45, 7) is 2.79. The number of hydrogen-bond acceptors (Lipinski definition) is 5. The lowest BCUT2D eigenvalue weighted by molar-refractivity contribution is -0.113. The molecule has 0 spiro atoms. The molecule has 0 aliphatic rings. The van der Waals surface area contributed by atoms with Crippen molar-refractivity contribution in [2.24, 2.45) is 0 Å². The summed E-state index contributed by atoms with van der Waals surface area (Å²) in [5, 5.41) is 11.5. The van der Waals surface area contributed by atoms with Crippen molar-refractivity contribution in [2.45, 2.75) is 31.5 Å². The van der Waals surface area contributed by atoms with E-state index in [1.807, 2.05) is 28.8 Å². The van der Waals surface area contributed by atoms with Crippen molar-refractivity contribution >= 4 is 23.4 Å². The topological polar surface area (TPSA) is 69.0 Å². The summed E-state index contributed by atoms with van der Waals surface area (Å²) >= 11 is 1.19. The first-order valence-corrected chi connectivity index (χ1v) is 10.5. The molecule has 3 rings (SSSR count). The molecule has 0 bridgehead atoms. The number of anilines is 1. The SMILES string of the molecule is CCCCn1c(SCC(=O)Nc2cc(F)ccc2F)nnc1-c1ccc(OC)cc1. The average molecular weight is 432 g/mol. The lowest BCUT2D eigenvalue weighted by Gasteiger charge is -2.10. The van der Waals surface area contributed by atoms with Crippen molar-refractivity contribution in [3.8, 4) is 17.1 Å². The maximum Gasteiger partial charge on any atom is 0.234 e. The van der Waals surface area contributed by atoms with E-state index in [0.29, 0.717) is 17.5 Å². The summed E-state index contributed by atoms with van der Waals surface area (Å²) in [5.41, 5.74) is 0.699. The molecule has 0 radical (unpaired) electrons. The van der Waals surface area contributed by atoms with Gasteiger partial charge in [0.25, 0.3) is 0 Å². The van der Waals surface area contributed by atoms with Gasteiger partial charge in [-0.2, -0.15) is 0 Å². The molecule has 0 aliphatic carbocycles. The first-order valence-electron chi connectivity index (χ1n) is 9.47. The van der Waals surface area contributed by atoms with E-state index < -0.39 is 17.5 Å². The summed E-state index contributed by atoms with van der Waals surface area (Å²) in [6.07, 6.45) is 1.92. The standard InChI is InChI=1S/C21H22F2N4O2S/c1-3-4-11-27-20(14-5-8-16(29-2)9-6-14)25-26-21(27)30-13-19(28)24-18-12-15(22)7-10-17(18)23/h5-10,12H,3-4,11,13H2,1-2H3,(H,24,28). The fraction of sp³-hybridized carbons (Fsp3) is 0.286. The van der Waals surface area contributed by atoms with E-state index in [1.165, 1.54) is 11.8 Å². The Morgan fingerprint density at radius 3 is 2.63 bits per heavy atom. The van der Waals surface area contributed by atoms with E-state index >= 15 is 0 Å². The largest absolute Gasteiger partial charge is 0.497 e. The predicted octanol–water partition coefficient (Wildman–Crippen LogP) is 4.76. The van der Waals surface area contributed by atoms with Crippen molar-refractivity contribution < 1.29 is 18.3 Å². The van der Waals surface area contributed by atoms with Crippen molar-refractivity contribution in [2.75, 3.05) is 18.2 Å². The van der Waals surface area contributed by atoms with E-state index in [9.17, 15) is 13.6 Å². The molecule has 0 unspecified atom stereocenters. The summed E-state index contributed by atoms with van der Waals surface area (Å²) in [7, 11) is 1.61. The summed E-state index contributed by atoms with van der Waals surface area (Å²) in [5.74, 6) is -0.339. The molecule has 6 nitrogen and oxygen atoms in total. The van der Waals surface area contributed by atoms with Crippen LogP contribution in [0.4, 0.5) is 14.5 Å². The van der Waals surface area contributed by atoms with Crippen molar-refractivity contribution in [3.63, 3.8) is 0 Å². The second-order valence-electron chi connectivity index (χ2n) is 6.50. The highest BCUT2D eigenvalue weighted by Crippen LogP contribution is 2.26. The second-order valence-corrected chi connectivity index (χ2v) is 7.44. The Bertz CT molecular complexity index is 1010. The summed E-state index contributed by atoms with van der Waals surface area (Å²) < 4.78 is 34.2. The smallest absolute Gasteiger partial charge is 0.234 e. The van der Waals surface area contributed by atoms with Gasteiger partial charge >= 0.3 is 0 Å². The fourth-order valence-electron chi connectivity index (χ4n) is 2.78. The monoisotopic (exact) mass is 432 g/mol. The van der Waals surface area contributed by atoms with Gasteiger partial charge in [-0.1, -0.05) is 25.1 Å². The van der Waals surface area contributed by atoms with E-state index in [-0.39, 0.29) is 11.4 Å². The molecular formula is C21H22F2N4O2S. The van der Waals surface area contributed by atoms with Crippen LogP contribution in [0.2, 0.25) is 0 Å². The number of rotatable bonds is 9. The zero-order valence-electron chi connectivity index (χ0n) is 16.7. The quantitative estimate of drug-likeness (QED) is 0.494. The molecule has 0 atom stereocenters. The first-order chi connectivity index (χ1) is 14.5. The van der Waals surface area contributed by atoms with Crippen LogP contribution in [0.5, 0.6) is 5.75 Å². The van der Waals surface area contributed by atoms with Crippen LogP contribution in [-0.4, -0.2) is 33.5 Å². The number of carbonyl (C=O) groups is 1. The number of halogens is 2. The predicted molar refractivity (Wildman–Crippen MR) is 113 cm³/mol. The van der Waals surface area contributed by atoms with Gasteiger partial charge in [0.15, 0.2) is 11.0 Å². The van der Waals surface area contributed by atoms with Crippen LogP contribution in [0.3, 0.4) is 0 Å². The number of ether oxygens (including phenoxy) is 1. The minimum atomic E-state index is -0.692. The number of methoxy groups -OCH3 is 1. The molecule has 1 N–H and O–H groups in total. The zero-order chi connectivity index (χ0) is 21.5. The molecule has 0 aliphatic heterocycles. The van der Waals surface area contributed by atoms with Crippen LogP contribution in [0.1, 0.15) is 19.8 Å². The maximum absolute atomic E-state index is 13.7. The Labute approximate surface area is 177 Å². The van der Waals surface area contributed by atoms with Crippen LogP contribution in [0, 0.1) is 11.6 Å². The van der Waals surface area contributed by atoms with Crippen molar-refractivity contribution in [1.82, 2.24) is 14.8 Å². The number of amides is 1. The normalized spacial score (nSPS) is 10.8. The van der Waals surface area contributed by atoms with Gasteiger partial charge in [0, 0.05) is 18.2 Å². The maximum atomic E-state index is 13.7. The Morgan fingerprint density at radius 1 is 1.17 bits per heavy atom. The van der Waals surface area contributed by atoms with Gasteiger partial charge < -0.3 is 14.6 Å². The third kappa shape index (κ3) is 5.35. The Hall–Kier alpha value is -2.94. The molecule has 30 heavy (non-hydrogen) atoms. The highest BCUT2D eigenvalue weighted by atomic mass is 32.2. The van der Waals surface area contributed by atoms with E-state index in [4.69, 9.17) is 4.74 Å². The van der Waals surface area contributed by atoms with Gasteiger partial charge in [0.1, 0.15) is 17.4 Å². The Balaban J connectivity index is 1.73. The highest BCUT2D eigenvalue weighted by molar-refractivity contribution is 7.99. The van der Waals surface area contributed by atoms with Crippen molar-refractivity contribution in [3.05, 3.63) is 54.1 Å². The molecule has 1 heterocycles. The number of unbranched alkanes of at least 4 members (excludes halogenated alkanes) is 1. The van der Waals surface area contributed by atoms with E-state index in [1.54, 1.807) is 7.11 Å². The molecule has 158 valence electrons. The van der Waals surface area contributed by atoms with Crippen LogP contribution >= 0.6 is 11.8 Å². The molecule has 9 heteroatoms. The summed E-state index contributed by atoms with van der Waals surface area (Å²) in [6, 6.07) is 10.4. The third-order valence-corrected chi connectivity index (χ3v) is 5.30. The molecule has 3 aromatic rings. The molecule has 1 aromatic heterocycles. The van der Waals surface area contributed by atoms with Gasteiger partial charge in [0.2, 0.25) is 5.91 Å². The lowest BCUT2D eigenvalue weighted by Crippen LogP contribution is -2.16. The van der Waals surface area contributed by atoms with Gasteiger partial charge in [-0.05, 0) is 42.8 Å². The van der Waals surface area contributed by atoms with Gasteiger partial charge in [0.05, 0.1) is 18.6 Å². The van der Waals surface area contributed by atoms with Gasteiger partial charge in [-0.3, -0.25) is 4.79 Å². The minimum absolute atomic E-state index is 0.0111. The number of hydrogen-bond donors (Lipinski definition) is 1. The number of nitrogens with one attached hydrogen (secondary N) is 1. The average Bonchev–Trinajstić information content (AvgIpc) is 3.16. The molecule has 1 amide bonds. The molecule has 0 fully saturated rings. The van der Waals surface area contributed by atoms with Gasteiger partial charge in [-0.15, -0.1) is 10.2 Å². The van der Waals surface area contributed by atoms with Crippen molar-refractivity contribution in [1.29, 1.82) is 0 Å². The second kappa shape index (κ2) is 10.2. The number of thioether (sulfide) groups is 1. The molecule has 0 saturated carbocycles. The number of nitrogens with zero attached hydrogens (tertiary/aromatic N) is 3. The first kappa shape index (κ1) is 21.8. The molecular weight excluding hydrogens is 410 g/mol. The third-order valence-electron chi connectivity index (χ3n) is 4.34. The van der Waals surface area contributed by atoms with Crippen LogP contribution in [0.25, 0.3) is 11.4 Å². The fourth-order valence-corrected chi connectivity index (χ4v) is 3.54. The van der Waals surface area contributed by atoms with Crippen LogP contribution in [-0.2, 0) is 11.3 Å². The minimum Gasteiger partial charge on any atom is -0.497 e. The molecule has 0 saturated heterocycles. The Morgan fingerprint density at radius 2 is 1.93 bits per heavy atom. The zero-order valence-corrected chi connectivity index (χ0v) is 17.5. The number of benzene rings is 2. The lowest BCUT2D eigenvalue weighted by atomic mass is 10.2. The van der Waals surface area contributed by atoms with Crippen LogP contribution in [0.15, 0.2) is 47.6 Å². The van der Waals surface area contributed by atoms with E-state index in [2.05, 4.69) is 22.4 Å².